The maximum atomic E-state index is 12.5. The summed E-state index contributed by atoms with van der Waals surface area (Å²) in [6.45, 7) is 6.20. The highest BCUT2D eigenvalue weighted by Gasteiger charge is 2.42. The van der Waals surface area contributed by atoms with E-state index in [-0.39, 0.29) is 12.3 Å². The molecule has 1 aromatic carbocycles. The van der Waals surface area contributed by atoms with Crippen LogP contribution in [0.25, 0.3) is 0 Å². The number of nitrogens with zero attached hydrogens (tertiary/aromatic N) is 1. The van der Waals surface area contributed by atoms with Gasteiger partial charge in [0.15, 0.2) is 0 Å². The lowest BCUT2D eigenvalue weighted by atomic mass is 9.75. The van der Waals surface area contributed by atoms with Gasteiger partial charge in [-0.25, -0.2) is 13.2 Å². The predicted molar refractivity (Wildman–Crippen MR) is 105 cm³/mol. The van der Waals surface area contributed by atoms with Gasteiger partial charge in [0, 0.05) is 24.8 Å². The highest BCUT2D eigenvalue weighted by molar-refractivity contribution is 7.90. The zero-order valence-corrected chi connectivity index (χ0v) is 17.8. The van der Waals surface area contributed by atoms with Gasteiger partial charge in [-0.05, 0) is 51.3 Å². The number of ether oxygens (including phenoxy) is 1. The first-order valence-electron chi connectivity index (χ1n) is 8.43. The van der Waals surface area contributed by atoms with Gasteiger partial charge < -0.3 is 9.64 Å². The number of likely N-dealkylation sites (tertiary alicyclic amines) is 1. The van der Waals surface area contributed by atoms with Crippen molar-refractivity contribution in [1.82, 2.24) is 4.90 Å². The minimum absolute atomic E-state index is 0.0722. The van der Waals surface area contributed by atoms with E-state index in [1.165, 1.54) is 6.26 Å². The van der Waals surface area contributed by atoms with Crippen LogP contribution in [0.3, 0.4) is 0 Å². The highest BCUT2D eigenvalue weighted by atomic mass is 35.5. The van der Waals surface area contributed by atoms with Crippen LogP contribution in [0, 0.1) is 0 Å². The normalized spacial score (nSPS) is 21.5. The van der Waals surface area contributed by atoms with Gasteiger partial charge >= 0.3 is 6.09 Å². The van der Waals surface area contributed by atoms with Crippen LogP contribution in [0.4, 0.5) is 4.79 Å². The Labute approximate surface area is 165 Å². The second-order valence-electron chi connectivity index (χ2n) is 7.98. The van der Waals surface area contributed by atoms with E-state index in [1.54, 1.807) is 43.9 Å². The van der Waals surface area contributed by atoms with Crippen LogP contribution in [-0.4, -0.2) is 50.1 Å². The Morgan fingerprint density at radius 2 is 1.92 bits per heavy atom. The SMILES string of the molecule is CC(C)(C)OC(=O)N1CCCC(CS(C)(=O)=O)(c2ccc(Cl)c(Cl)c2)C1. The van der Waals surface area contributed by atoms with Crippen LogP contribution in [0.2, 0.25) is 10.0 Å². The minimum atomic E-state index is -3.29. The molecule has 0 N–H and O–H groups in total. The molecule has 1 aliphatic heterocycles. The van der Waals surface area contributed by atoms with Crippen molar-refractivity contribution < 1.29 is 17.9 Å². The Morgan fingerprint density at radius 1 is 1.27 bits per heavy atom. The van der Waals surface area contributed by atoms with Crippen LogP contribution in [0.15, 0.2) is 18.2 Å². The van der Waals surface area contributed by atoms with Crippen molar-refractivity contribution in [2.75, 3.05) is 25.1 Å². The van der Waals surface area contributed by atoms with E-state index in [0.717, 1.165) is 5.56 Å². The topological polar surface area (TPSA) is 63.7 Å². The zero-order chi connectivity index (χ0) is 19.8. The molecule has 8 heteroatoms. The summed E-state index contributed by atoms with van der Waals surface area (Å²) in [5, 5.41) is 0.774. The summed E-state index contributed by atoms with van der Waals surface area (Å²) in [5.74, 6) is -0.0722. The third-order valence-electron chi connectivity index (χ3n) is 4.30. The molecule has 1 amide bonds. The first kappa shape index (κ1) is 21.3. The molecular formula is C18H25Cl2NO4S. The number of rotatable bonds is 3. The fraction of sp³-hybridized carbons (Fsp3) is 0.611. The quantitative estimate of drug-likeness (QED) is 0.729. The minimum Gasteiger partial charge on any atom is -0.444 e. The van der Waals surface area contributed by atoms with E-state index in [1.807, 2.05) is 0 Å². The van der Waals surface area contributed by atoms with Crippen LogP contribution in [0.5, 0.6) is 0 Å². The Bertz CT molecular complexity index is 789. The van der Waals surface area contributed by atoms with Crippen molar-refractivity contribution in [3.8, 4) is 0 Å². The van der Waals surface area contributed by atoms with E-state index < -0.39 is 26.9 Å². The van der Waals surface area contributed by atoms with Gasteiger partial charge in [0.1, 0.15) is 15.4 Å². The summed E-state index contributed by atoms with van der Waals surface area (Å²) in [6.07, 6.45) is 2.08. The molecule has 1 atom stereocenters. The standard InChI is InChI=1S/C18H25Cl2NO4S/c1-17(2,3)25-16(22)21-9-5-8-18(11-21,12-26(4,23)24)13-6-7-14(19)15(20)10-13/h6-7,10H,5,8-9,11-12H2,1-4H3. The fourth-order valence-electron chi connectivity index (χ4n) is 3.38. The molecule has 0 aromatic heterocycles. The number of piperidine rings is 1. The van der Waals surface area contributed by atoms with Crippen molar-refractivity contribution in [2.24, 2.45) is 0 Å². The van der Waals surface area contributed by atoms with Gasteiger partial charge in [0.2, 0.25) is 0 Å². The molecule has 5 nitrogen and oxygen atoms in total. The second kappa shape index (κ2) is 7.56. The van der Waals surface area contributed by atoms with Crippen molar-refractivity contribution in [3.63, 3.8) is 0 Å². The van der Waals surface area contributed by atoms with Crippen molar-refractivity contribution >= 4 is 39.1 Å². The lowest BCUT2D eigenvalue weighted by molar-refractivity contribution is 0.0148. The molecule has 0 saturated carbocycles. The molecule has 1 heterocycles. The van der Waals surface area contributed by atoms with Crippen LogP contribution in [-0.2, 0) is 20.0 Å². The molecule has 146 valence electrons. The number of hydrogen-bond donors (Lipinski definition) is 0. The maximum Gasteiger partial charge on any atom is 0.410 e. The first-order valence-corrected chi connectivity index (χ1v) is 11.2. The van der Waals surface area contributed by atoms with E-state index in [0.29, 0.717) is 29.4 Å². The molecule has 0 spiro atoms. The monoisotopic (exact) mass is 421 g/mol. The summed E-state index contributed by atoms with van der Waals surface area (Å²) < 4.78 is 29.8. The van der Waals surface area contributed by atoms with Crippen molar-refractivity contribution in [2.45, 2.75) is 44.6 Å². The lowest BCUT2D eigenvalue weighted by Gasteiger charge is -2.43. The number of hydrogen-bond acceptors (Lipinski definition) is 4. The van der Waals surface area contributed by atoms with E-state index in [9.17, 15) is 13.2 Å². The zero-order valence-electron chi connectivity index (χ0n) is 15.5. The number of carbonyl (C=O) groups is 1. The number of carbonyl (C=O) groups excluding carboxylic acids is 1. The number of sulfone groups is 1. The van der Waals surface area contributed by atoms with Crippen LogP contribution < -0.4 is 0 Å². The van der Waals surface area contributed by atoms with Gasteiger partial charge in [-0.1, -0.05) is 29.3 Å². The number of benzene rings is 1. The molecule has 1 fully saturated rings. The smallest absolute Gasteiger partial charge is 0.410 e. The second-order valence-corrected chi connectivity index (χ2v) is 10.9. The summed E-state index contributed by atoms with van der Waals surface area (Å²) in [5.41, 5.74) is -0.584. The molecule has 1 saturated heterocycles. The Balaban J connectivity index is 2.41. The lowest BCUT2D eigenvalue weighted by Crippen LogP contribution is -2.52. The van der Waals surface area contributed by atoms with Crippen LogP contribution >= 0.6 is 23.2 Å². The molecule has 2 rings (SSSR count). The van der Waals surface area contributed by atoms with Gasteiger partial charge in [0.05, 0.1) is 15.8 Å². The third-order valence-corrected chi connectivity index (χ3v) is 6.12. The van der Waals surface area contributed by atoms with Gasteiger partial charge in [-0.3, -0.25) is 0 Å². The van der Waals surface area contributed by atoms with Gasteiger partial charge in [-0.15, -0.1) is 0 Å². The fourth-order valence-corrected chi connectivity index (χ4v) is 5.08. The molecule has 26 heavy (non-hydrogen) atoms. The van der Waals surface area contributed by atoms with Crippen molar-refractivity contribution in [3.05, 3.63) is 33.8 Å². The van der Waals surface area contributed by atoms with Crippen LogP contribution in [0.1, 0.15) is 39.2 Å². The molecule has 0 aliphatic carbocycles. The number of halogens is 2. The van der Waals surface area contributed by atoms with Crippen molar-refractivity contribution in [1.29, 1.82) is 0 Å². The van der Waals surface area contributed by atoms with E-state index >= 15 is 0 Å². The summed E-state index contributed by atoms with van der Waals surface area (Å²) in [6, 6.07) is 5.15. The van der Waals surface area contributed by atoms with E-state index in [2.05, 4.69) is 0 Å². The average molecular weight is 422 g/mol. The third kappa shape index (κ3) is 5.51. The molecular weight excluding hydrogens is 397 g/mol. The molecule has 0 radical (unpaired) electrons. The first-order chi connectivity index (χ1) is 11.8. The Hall–Kier alpha value is -0.980. The Kier molecular flexibility index (Phi) is 6.20. The molecule has 1 aromatic rings. The summed E-state index contributed by atoms with van der Waals surface area (Å²) in [7, 11) is -3.29. The molecule has 1 unspecified atom stereocenters. The summed E-state index contributed by atoms with van der Waals surface area (Å²) in [4.78, 5) is 14.1. The number of amides is 1. The van der Waals surface area contributed by atoms with E-state index in [4.69, 9.17) is 27.9 Å². The predicted octanol–water partition coefficient (Wildman–Crippen LogP) is 4.31. The highest BCUT2D eigenvalue weighted by Crippen LogP contribution is 2.38. The maximum absolute atomic E-state index is 12.5. The molecule has 0 bridgehead atoms. The summed E-state index contributed by atoms with van der Waals surface area (Å²) >= 11 is 12.2. The molecule has 1 aliphatic rings. The Morgan fingerprint density at radius 3 is 2.46 bits per heavy atom. The average Bonchev–Trinajstić information content (AvgIpc) is 2.46. The van der Waals surface area contributed by atoms with Gasteiger partial charge in [0.25, 0.3) is 0 Å². The van der Waals surface area contributed by atoms with Gasteiger partial charge in [-0.2, -0.15) is 0 Å². The largest absolute Gasteiger partial charge is 0.444 e.